The maximum atomic E-state index is 12.4. The van der Waals surface area contributed by atoms with E-state index in [4.69, 9.17) is 4.74 Å². The highest BCUT2D eigenvalue weighted by atomic mass is 32.1. The molecule has 0 aliphatic rings. The van der Waals surface area contributed by atoms with E-state index in [9.17, 15) is 10.1 Å². The number of nitrogens with zero attached hydrogens (tertiary/aromatic N) is 2. The maximum Gasteiger partial charge on any atom is 0.260 e. The van der Waals surface area contributed by atoms with Crippen molar-refractivity contribution in [1.82, 2.24) is 9.97 Å². The van der Waals surface area contributed by atoms with Gasteiger partial charge < -0.3 is 9.72 Å². The van der Waals surface area contributed by atoms with Gasteiger partial charge >= 0.3 is 0 Å². The molecular formula is C20H19N3O2S. The Labute approximate surface area is 155 Å². The number of rotatable bonds is 5. The summed E-state index contributed by atoms with van der Waals surface area (Å²) in [6.07, 6.45) is 2.66. The van der Waals surface area contributed by atoms with Gasteiger partial charge in [0, 0.05) is 4.88 Å². The van der Waals surface area contributed by atoms with Gasteiger partial charge in [-0.3, -0.25) is 4.79 Å². The molecule has 0 radical (unpaired) electrons. The van der Waals surface area contributed by atoms with Crippen LogP contribution in [0, 0.1) is 25.2 Å². The molecule has 0 spiro atoms. The minimum absolute atomic E-state index is 0.212. The molecule has 2 aromatic heterocycles. The molecule has 0 aliphatic heterocycles. The average molecular weight is 365 g/mol. The first-order chi connectivity index (χ1) is 12.5. The van der Waals surface area contributed by atoms with E-state index in [0.717, 1.165) is 28.2 Å². The predicted octanol–water partition coefficient (Wildman–Crippen LogP) is 4.45. The van der Waals surface area contributed by atoms with Gasteiger partial charge in [-0.05, 0) is 49.6 Å². The lowest BCUT2D eigenvalue weighted by Gasteiger charge is -2.04. The summed E-state index contributed by atoms with van der Waals surface area (Å²) in [5.41, 5.74) is 1.88. The van der Waals surface area contributed by atoms with Gasteiger partial charge in [-0.25, -0.2) is 4.98 Å². The fraction of sp³-hybridized carbons (Fsp3) is 0.250. The van der Waals surface area contributed by atoms with Crippen LogP contribution in [0.15, 0.2) is 29.1 Å². The topological polar surface area (TPSA) is 78.8 Å². The van der Waals surface area contributed by atoms with E-state index >= 15 is 0 Å². The molecule has 132 valence electrons. The number of hydrogen-bond acceptors (Lipinski definition) is 5. The third-order valence-corrected chi connectivity index (χ3v) is 5.18. The molecule has 0 amide bonds. The van der Waals surface area contributed by atoms with E-state index in [0.29, 0.717) is 22.4 Å². The Bertz CT molecular complexity index is 1070. The van der Waals surface area contributed by atoms with Crippen molar-refractivity contribution in [3.05, 3.63) is 56.4 Å². The molecule has 1 aromatic carbocycles. The van der Waals surface area contributed by atoms with Crippen molar-refractivity contribution >= 4 is 33.2 Å². The van der Waals surface area contributed by atoms with Gasteiger partial charge in [0.2, 0.25) is 0 Å². The molecule has 0 atom stereocenters. The highest BCUT2D eigenvalue weighted by Gasteiger charge is 2.13. The van der Waals surface area contributed by atoms with E-state index in [1.807, 2.05) is 38.1 Å². The highest BCUT2D eigenvalue weighted by Crippen LogP contribution is 2.27. The molecule has 3 aromatic rings. The summed E-state index contributed by atoms with van der Waals surface area (Å²) < 4.78 is 5.56. The number of allylic oxidation sites excluding steroid dienone is 1. The zero-order valence-corrected chi connectivity index (χ0v) is 15.7. The van der Waals surface area contributed by atoms with Crippen LogP contribution >= 0.6 is 11.3 Å². The molecule has 0 saturated heterocycles. The summed E-state index contributed by atoms with van der Waals surface area (Å²) in [4.78, 5) is 21.4. The van der Waals surface area contributed by atoms with Crippen molar-refractivity contribution in [2.75, 3.05) is 6.61 Å². The third-order valence-electron chi connectivity index (χ3n) is 4.08. The molecule has 26 heavy (non-hydrogen) atoms. The first kappa shape index (κ1) is 17.9. The molecule has 5 nitrogen and oxygen atoms in total. The number of H-pyrrole nitrogens is 1. The monoisotopic (exact) mass is 365 g/mol. The molecule has 0 unspecified atom stereocenters. The normalized spacial score (nSPS) is 11.5. The molecule has 0 saturated carbocycles. The number of aromatic nitrogens is 2. The van der Waals surface area contributed by atoms with Crippen molar-refractivity contribution < 1.29 is 4.74 Å². The molecular weight excluding hydrogens is 346 g/mol. The van der Waals surface area contributed by atoms with Crippen LogP contribution in [0.25, 0.3) is 21.9 Å². The van der Waals surface area contributed by atoms with E-state index in [1.165, 1.54) is 11.3 Å². The lowest BCUT2D eigenvalue weighted by Crippen LogP contribution is -2.10. The number of thiophene rings is 1. The van der Waals surface area contributed by atoms with E-state index in [1.54, 1.807) is 6.08 Å². The highest BCUT2D eigenvalue weighted by molar-refractivity contribution is 7.18. The first-order valence-corrected chi connectivity index (χ1v) is 9.20. The lowest BCUT2D eigenvalue weighted by molar-refractivity contribution is 0.317. The van der Waals surface area contributed by atoms with Crippen molar-refractivity contribution in [2.45, 2.75) is 27.2 Å². The summed E-state index contributed by atoms with van der Waals surface area (Å²) in [7, 11) is 0. The van der Waals surface area contributed by atoms with Crippen LogP contribution in [0.1, 0.15) is 35.2 Å². The molecule has 3 rings (SSSR count). The number of nitriles is 1. The zero-order chi connectivity index (χ0) is 18.7. The first-order valence-electron chi connectivity index (χ1n) is 8.38. The van der Waals surface area contributed by atoms with E-state index < -0.39 is 0 Å². The van der Waals surface area contributed by atoms with Crippen LogP contribution in [0.4, 0.5) is 0 Å². The Kier molecular flexibility index (Phi) is 5.19. The average Bonchev–Trinajstić information content (AvgIpc) is 2.93. The summed E-state index contributed by atoms with van der Waals surface area (Å²) in [5, 5.41) is 10.1. The predicted molar refractivity (Wildman–Crippen MR) is 105 cm³/mol. The fourth-order valence-electron chi connectivity index (χ4n) is 2.58. The Balaban J connectivity index is 1.98. The van der Waals surface area contributed by atoms with Crippen LogP contribution in [0.2, 0.25) is 0 Å². The standard InChI is InChI=1S/C20H19N3O2S/c1-4-9-25-16-7-5-14(6-8-16)10-15(11-21)18-22-19(24)17-12(2)13(3)26-20(17)23-18/h5-8,10H,4,9H2,1-3H3,(H,22,23,24). The molecule has 1 N–H and O–H groups in total. The maximum absolute atomic E-state index is 12.4. The van der Waals surface area contributed by atoms with Crippen LogP contribution in [-0.2, 0) is 0 Å². The lowest BCUT2D eigenvalue weighted by atomic mass is 10.1. The second kappa shape index (κ2) is 7.54. The smallest absolute Gasteiger partial charge is 0.260 e. The molecule has 6 heteroatoms. The van der Waals surface area contributed by atoms with Gasteiger partial charge in [0.25, 0.3) is 5.56 Å². The third kappa shape index (κ3) is 3.53. The van der Waals surface area contributed by atoms with E-state index in [-0.39, 0.29) is 11.4 Å². The summed E-state index contributed by atoms with van der Waals surface area (Å²) in [6, 6.07) is 9.60. The Morgan fingerprint density at radius 2 is 2.08 bits per heavy atom. The van der Waals surface area contributed by atoms with Crippen LogP contribution < -0.4 is 10.3 Å². The number of aryl methyl sites for hydroxylation is 2. The number of hydrogen-bond donors (Lipinski definition) is 1. The van der Waals surface area contributed by atoms with Gasteiger partial charge in [0.1, 0.15) is 16.6 Å². The SMILES string of the molecule is CCCOc1ccc(C=C(C#N)c2nc3sc(C)c(C)c3c(=O)[nH]2)cc1. The number of ether oxygens (including phenoxy) is 1. The number of nitrogens with one attached hydrogen (secondary N) is 1. The second-order valence-corrected chi connectivity index (χ2v) is 7.17. The van der Waals surface area contributed by atoms with Crippen LogP contribution in [0.5, 0.6) is 5.75 Å². The van der Waals surface area contributed by atoms with Gasteiger partial charge in [0.15, 0.2) is 5.82 Å². The number of benzene rings is 1. The van der Waals surface area contributed by atoms with Gasteiger partial charge in [-0.1, -0.05) is 19.1 Å². The van der Waals surface area contributed by atoms with Gasteiger partial charge in [-0.2, -0.15) is 5.26 Å². The summed E-state index contributed by atoms with van der Waals surface area (Å²) in [6.45, 7) is 6.60. The Hall–Kier alpha value is -2.91. The van der Waals surface area contributed by atoms with Crippen LogP contribution in [-0.4, -0.2) is 16.6 Å². The minimum Gasteiger partial charge on any atom is -0.494 e. The minimum atomic E-state index is -0.212. The summed E-state index contributed by atoms with van der Waals surface area (Å²) >= 11 is 1.47. The Morgan fingerprint density at radius 3 is 2.73 bits per heavy atom. The van der Waals surface area contributed by atoms with Crippen molar-refractivity contribution in [3.63, 3.8) is 0 Å². The Morgan fingerprint density at radius 1 is 1.35 bits per heavy atom. The van der Waals surface area contributed by atoms with Crippen LogP contribution in [0.3, 0.4) is 0 Å². The molecule has 2 heterocycles. The van der Waals surface area contributed by atoms with Crippen molar-refractivity contribution in [1.29, 1.82) is 5.26 Å². The molecule has 0 fully saturated rings. The second-order valence-electron chi connectivity index (χ2n) is 5.97. The quantitative estimate of drug-likeness (QED) is 0.677. The van der Waals surface area contributed by atoms with E-state index in [2.05, 4.69) is 23.0 Å². The van der Waals surface area contributed by atoms with Crippen molar-refractivity contribution in [2.24, 2.45) is 0 Å². The molecule has 0 aliphatic carbocycles. The number of fused-ring (bicyclic) bond motifs is 1. The van der Waals surface area contributed by atoms with Crippen molar-refractivity contribution in [3.8, 4) is 11.8 Å². The van der Waals surface area contributed by atoms with Gasteiger partial charge in [-0.15, -0.1) is 11.3 Å². The number of aromatic amines is 1. The summed E-state index contributed by atoms with van der Waals surface area (Å²) in [5.74, 6) is 1.08. The largest absolute Gasteiger partial charge is 0.494 e. The molecule has 0 bridgehead atoms. The fourth-order valence-corrected chi connectivity index (χ4v) is 3.61. The zero-order valence-electron chi connectivity index (χ0n) is 14.9. The van der Waals surface area contributed by atoms with Gasteiger partial charge in [0.05, 0.1) is 17.6 Å².